The van der Waals surface area contributed by atoms with Gasteiger partial charge >= 0.3 is 6.03 Å². The Balaban J connectivity index is 1.48. The quantitative estimate of drug-likeness (QED) is 0.812. The number of benzene rings is 1. The van der Waals surface area contributed by atoms with Crippen molar-refractivity contribution < 1.29 is 9.59 Å². The van der Waals surface area contributed by atoms with Gasteiger partial charge in [-0.3, -0.25) is 4.79 Å². The number of likely N-dealkylation sites (tertiary alicyclic amines) is 1. The van der Waals surface area contributed by atoms with Gasteiger partial charge in [0.25, 0.3) is 5.91 Å². The lowest BCUT2D eigenvalue weighted by Gasteiger charge is -2.32. The Hall–Kier alpha value is -2.05. The van der Waals surface area contributed by atoms with E-state index in [-0.39, 0.29) is 17.9 Å². The highest BCUT2D eigenvalue weighted by molar-refractivity contribution is 7.17. The van der Waals surface area contributed by atoms with Crippen LogP contribution in [0.3, 0.4) is 0 Å². The highest BCUT2D eigenvalue weighted by atomic mass is 35.5. The molecule has 3 rings (SSSR count). The van der Waals surface area contributed by atoms with E-state index in [0.717, 1.165) is 30.6 Å². The third-order valence-corrected chi connectivity index (χ3v) is 5.67. The predicted molar refractivity (Wildman–Crippen MR) is 106 cm³/mol. The van der Waals surface area contributed by atoms with Crippen LogP contribution in [0.5, 0.6) is 0 Å². The van der Waals surface area contributed by atoms with Crippen molar-refractivity contribution in [3.05, 3.63) is 51.2 Å². The van der Waals surface area contributed by atoms with Crippen molar-refractivity contribution in [2.45, 2.75) is 19.8 Å². The van der Waals surface area contributed by atoms with Crippen LogP contribution < -0.4 is 10.6 Å². The molecular formula is C19H22ClN3O2S. The molecule has 0 radical (unpaired) electrons. The zero-order valence-electron chi connectivity index (χ0n) is 14.6. The number of carbonyl (C=O) groups is 2. The molecule has 3 amide bonds. The molecular weight excluding hydrogens is 370 g/mol. The lowest BCUT2D eigenvalue weighted by molar-refractivity contribution is 0.0680. The van der Waals surface area contributed by atoms with Crippen LogP contribution in [0.2, 0.25) is 4.34 Å². The maximum absolute atomic E-state index is 12.5. The first-order valence-electron chi connectivity index (χ1n) is 8.67. The van der Waals surface area contributed by atoms with E-state index in [4.69, 9.17) is 11.6 Å². The molecule has 0 aliphatic carbocycles. The summed E-state index contributed by atoms with van der Waals surface area (Å²) in [5.74, 6) is 0.280. The molecule has 5 nitrogen and oxygen atoms in total. The number of nitrogens with one attached hydrogen (secondary N) is 2. The standard InChI is InChI=1S/C19H22ClN3O2S/c1-13-4-6-15(7-5-13)22-19(25)21-11-14-3-2-10-23(12-14)18(24)16-8-9-17(20)26-16/h4-9,14H,2-3,10-12H2,1H3,(H2,21,22,25). The number of halogens is 1. The molecule has 2 N–H and O–H groups in total. The highest BCUT2D eigenvalue weighted by Crippen LogP contribution is 2.25. The van der Waals surface area contributed by atoms with Gasteiger partial charge in [0.05, 0.1) is 9.21 Å². The van der Waals surface area contributed by atoms with Gasteiger partial charge in [0, 0.05) is 25.3 Å². The molecule has 0 spiro atoms. The SMILES string of the molecule is Cc1ccc(NC(=O)NCC2CCCN(C(=O)c3ccc(Cl)s3)C2)cc1. The summed E-state index contributed by atoms with van der Waals surface area (Å²) in [4.78, 5) is 27.1. The van der Waals surface area contributed by atoms with E-state index >= 15 is 0 Å². The summed E-state index contributed by atoms with van der Waals surface area (Å²) < 4.78 is 0.622. The molecule has 1 unspecified atom stereocenters. The van der Waals surface area contributed by atoms with Crippen molar-refractivity contribution in [3.63, 3.8) is 0 Å². The number of urea groups is 1. The number of carbonyl (C=O) groups excluding carboxylic acids is 2. The number of thiophene rings is 1. The number of aryl methyl sites for hydroxylation is 1. The Morgan fingerprint density at radius 2 is 2.00 bits per heavy atom. The molecule has 0 bridgehead atoms. The fraction of sp³-hybridized carbons (Fsp3) is 0.368. The molecule has 2 aromatic rings. The van der Waals surface area contributed by atoms with Crippen molar-refractivity contribution in [1.82, 2.24) is 10.2 Å². The highest BCUT2D eigenvalue weighted by Gasteiger charge is 2.25. The molecule has 0 saturated carbocycles. The van der Waals surface area contributed by atoms with E-state index < -0.39 is 0 Å². The second kappa shape index (κ2) is 8.56. The molecule has 26 heavy (non-hydrogen) atoms. The van der Waals surface area contributed by atoms with Gasteiger partial charge in [0.2, 0.25) is 0 Å². The van der Waals surface area contributed by atoms with Crippen LogP contribution in [0.15, 0.2) is 36.4 Å². The molecule has 1 fully saturated rings. The zero-order valence-corrected chi connectivity index (χ0v) is 16.2. The van der Waals surface area contributed by atoms with Crippen LogP contribution in [-0.2, 0) is 0 Å². The number of piperidine rings is 1. The zero-order chi connectivity index (χ0) is 18.5. The molecule has 1 aliphatic heterocycles. The first kappa shape index (κ1) is 18.7. The number of amides is 3. The van der Waals surface area contributed by atoms with Gasteiger partial charge in [-0.1, -0.05) is 29.3 Å². The minimum atomic E-state index is -0.220. The average Bonchev–Trinajstić information content (AvgIpc) is 3.08. The van der Waals surface area contributed by atoms with Crippen LogP contribution in [0.25, 0.3) is 0 Å². The fourth-order valence-electron chi connectivity index (χ4n) is 3.05. The Labute approximate surface area is 162 Å². The number of nitrogens with zero attached hydrogens (tertiary/aromatic N) is 1. The summed E-state index contributed by atoms with van der Waals surface area (Å²) in [6, 6.07) is 11.0. The fourth-order valence-corrected chi connectivity index (χ4v) is 4.06. The Bertz CT molecular complexity index is 775. The molecule has 138 valence electrons. The molecule has 1 aliphatic rings. The minimum absolute atomic E-state index is 0.0238. The second-order valence-corrected chi connectivity index (χ2v) is 8.28. The van der Waals surface area contributed by atoms with Crippen molar-refractivity contribution in [1.29, 1.82) is 0 Å². The summed E-state index contributed by atoms with van der Waals surface area (Å²) in [5, 5.41) is 5.74. The molecule has 2 heterocycles. The van der Waals surface area contributed by atoms with Gasteiger partial charge < -0.3 is 15.5 Å². The molecule has 1 aromatic carbocycles. The third-order valence-electron chi connectivity index (χ3n) is 4.45. The first-order chi connectivity index (χ1) is 12.5. The van der Waals surface area contributed by atoms with E-state index in [1.54, 1.807) is 12.1 Å². The monoisotopic (exact) mass is 391 g/mol. The summed E-state index contributed by atoms with van der Waals surface area (Å²) in [7, 11) is 0. The lowest BCUT2D eigenvalue weighted by atomic mass is 9.98. The van der Waals surface area contributed by atoms with Gasteiger partial charge in [-0.2, -0.15) is 0 Å². The van der Waals surface area contributed by atoms with Crippen molar-refractivity contribution in [2.75, 3.05) is 25.0 Å². The van der Waals surface area contributed by atoms with Crippen molar-refractivity contribution >= 4 is 40.6 Å². The number of anilines is 1. The molecule has 1 aromatic heterocycles. The number of hydrogen-bond acceptors (Lipinski definition) is 3. The van der Waals surface area contributed by atoms with E-state index in [9.17, 15) is 9.59 Å². The van der Waals surface area contributed by atoms with E-state index in [2.05, 4.69) is 10.6 Å². The molecule has 1 atom stereocenters. The minimum Gasteiger partial charge on any atom is -0.338 e. The van der Waals surface area contributed by atoms with Gasteiger partial charge in [0.15, 0.2) is 0 Å². The van der Waals surface area contributed by atoms with Crippen LogP contribution in [0.1, 0.15) is 28.1 Å². The summed E-state index contributed by atoms with van der Waals surface area (Å²) >= 11 is 7.23. The van der Waals surface area contributed by atoms with Gasteiger partial charge in [-0.05, 0) is 49.9 Å². The number of rotatable bonds is 4. The summed E-state index contributed by atoms with van der Waals surface area (Å²) in [6.45, 7) is 3.95. The molecule has 1 saturated heterocycles. The molecule has 7 heteroatoms. The van der Waals surface area contributed by atoms with E-state index in [1.165, 1.54) is 11.3 Å². The van der Waals surface area contributed by atoms with Gasteiger partial charge in [0.1, 0.15) is 0 Å². The normalized spacial score (nSPS) is 17.0. The van der Waals surface area contributed by atoms with Crippen LogP contribution in [0, 0.1) is 12.8 Å². The second-order valence-electron chi connectivity index (χ2n) is 6.56. The third kappa shape index (κ3) is 4.99. The summed E-state index contributed by atoms with van der Waals surface area (Å²) in [5.41, 5.74) is 1.91. The maximum atomic E-state index is 12.5. The van der Waals surface area contributed by atoms with Crippen LogP contribution in [0.4, 0.5) is 10.5 Å². The van der Waals surface area contributed by atoms with Crippen molar-refractivity contribution in [2.24, 2.45) is 5.92 Å². The van der Waals surface area contributed by atoms with Crippen LogP contribution in [-0.4, -0.2) is 36.5 Å². The Morgan fingerprint density at radius 1 is 1.23 bits per heavy atom. The lowest BCUT2D eigenvalue weighted by Crippen LogP contribution is -2.44. The van der Waals surface area contributed by atoms with Crippen LogP contribution >= 0.6 is 22.9 Å². The summed E-state index contributed by atoms with van der Waals surface area (Å²) in [6.07, 6.45) is 1.94. The van der Waals surface area contributed by atoms with E-state index in [1.807, 2.05) is 36.1 Å². The topological polar surface area (TPSA) is 61.4 Å². The van der Waals surface area contributed by atoms with Gasteiger partial charge in [-0.15, -0.1) is 11.3 Å². The number of hydrogen-bond donors (Lipinski definition) is 2. The Kier molecular flexibility index (Phi) is 6.16. The largest absolute Gasteiger partial charge is 0.338 e. The average molecular weight is 392 g/mol. The first-order valence-corrected chi connectivity index (χ1v) is 9.87. The smallest absolute Gasteiger partial charge is 0.319 e. The van der Waals surface area contributed by atoms with Gasteiger partial charge in [-0.25, -0.2) is 4.79 Å². The maximum Gasteiger partial charge on any atom is 0.319 e. The van der Waals surface area contributed by atoms with Crippen molar-refractivity contribution in [3.8, 4) is 0 Å². The predicted octanol–water partition coefficient (Wildman–Crippen LogP) is 4.38. The van der Waals surface area contributed by atoms with E-state index in [0.29, 0.717) is 22.3 Å². The Morgan fingerprint density at radius 3 is 2.69 bits per heavy atom.